The Hall–Kier alpha value is -0.240. The predicted octanol–water partition coefficient (Wildman–Crippen LogP) is 1.80. The standard InChI is InChI=1S/C10H12IN3OS/c1-13-9-6-4-16-5-8(6)12-14(9)3-2-7(11)10(13)15/h7H,2-5H2,1H3. The summed E-state index contributed by atoms with van der Waals surface area (Å²) in [6, 6.07) is 0. The molecule has 1 aromatic heterocycles. The highest BCUT2D eigenvalue weighted by atomic mass is 127. The summed E-state index contributed by atoms with van der Waals surface area (Å²) < 4.78 is 2.09. The number of aromatic nitrogens is 2. The van der Waals surface area contributed by atoms with Crippen LogP contribution in [0.25, 0.3) is 0 Å². The summed E-state index contributed by atoms with van der Waals surface area (Å²) in [4.78, 5) is 13.9. The van der Waals surface area contributed by atoms with Crippen molar-refractivity contribution in [2.24, 2.45) is 0 Å². The zero-order valence-corrected chi connectivity index (χ0v) is 11.9. The molecule has 6 heteroatoms. The van der Waals surface area contributed by atoms with Gasteiger partial charge in [0, 0.05) is 30.7 Å². The molecule has 1 amide bonds. The van der Waals surface area contributed by atoms with E-state index in [1.54, 1.807) is 4.90 Å². The van der Waals surface area contributed by atoms with E-state index in [2.05, 4.69) is 27.7 Å². The molecule has 0 fully saturated rings. The Bertz CT molecular complexity index is 459. The molecular weight excluding hydrogens is 337 g/mol. The number of thioether (sulfide) groups is 1. The maximum atomic E-state index is 12.1. The van der Waals surface area contributed by atoms with Crippen LogP contribution >= 0.6 is 34.4 Å². The van der Waals surface area contributed by atoms with Crippen molar-refractivity contribution in [3.05, 3.63) is 11.3 Å². The zero-order valence-electron chi connectivity index (χ0n) is 8.94. The van der Waals surface area contributed by atoms with Crippen molar-refractivity contribution in [2.75, 3.05) is 11.9 Å². The van der Waals surface area contributed by atoms with Gasteiger partial charge in [0.15, 0.2) is 0 Å². The summed E-state index contributed by atoms with van der Waals surface area (Å²) in [5, 5.41) is 4.61. The Kier molecular flexibility index (Phi) is 2.66. The SMILES string of the molecule is CN1C(=O)C(I)CCn2nc3c(c21)CSC3. The topological polar surface area (TPSA) is 38.1 Å². The van der Waals surface area contributed by atoms with Crippen molar-refractivity contribution >= 4 is 46.1 Å². The molecule has 0 spiro atoms. The maximum absolute atomic E-state index is 12.1. The first-order chi connectivity index (χ1) is 7.68. The molecule has 0 aliphatic carbocycles. The molecule has 1 aromatic rings. The number of halogens is 1. The lowest BCUT2D eigenvalue weighted by atomic mass is 10.2. The van der Waals surface area contributed by atoms with Crippen LogP contribution in [0.3, 0.4) is 0 Å². The Labute approximate surface area is 112 Å². The molecule has 0 N–H and O–H groups in total. The average molecular weight is 349 g/mol. The Morgan fingerprint density at radius 3 is 3.12 bits per heavy atom. The Morgan fingerprint density at radius 2 is 2.31 bits per heavy atom. The van der Waals surface area contributed by atoms with Crippen molar-refractivity contribution in [3.63, 3.8) is 0 Å². The van der Waals surface area contributed by atoms with Crippen molar-refractivity contribution in [3.8, 4) is 0 Å². The normalized spacial score (nSPS) is 24.2. The Balaban J connectivity index is 2.11. The van der Waals surface area contributed by atoms with Crippen LogP contribution in [-0.4, -0.2) is 26.7 Å². The molecule has 1 atom stereocenters. The van der Waals surface area contributed by atoms with Gasteiger partial charge in [0.1, 0.15) is 5.82 Å². The highest BCUT2D eigenvalue weighted by Gasteiger charge is 2.32. The number of amides is 1. The molecule has 4 nitrogen and oxygen atoms in total. The summed E-state index contributed by atoms with van der Waals surface area (Å²) in [7, 11) is 1.87. The van der Waals surface area contributed by atoms with Crippen LogP contribution in [-0.2, 0) is 22.8 Å². The lowest BCUT2D eigenvalue weighted by molar-refractivity contribution is -0.117. The van der Waals surface area contributed by atoms with E-state index in [1.165, 1.54) is 11.3 Å². The number of aryl methyl sites for hydroxylation is 1. The molecule has 2 aliphatic heterocycles. The van der Waals surface area contributed by atoms with Gasteiger partial charge in [-0.2, -0.15) is 16.9 Å². The van der Waals surface area contributed by atoms with E-state index in [0.717, 1.165) is 30.3 Å². The molecule has 16 heavy (non-hydrogen) atoms. The van der Waals surface area contributed by atoms with E-state index in [1.807, 2.05) is 23.5 Å². The second-order valence-corrected chi connectivity index (χ2v) is 6.61. The molecule has 0 saturated heterocycles. The van der Waals surface area contributed by atoms with Gasteiger partial charge in [0.05, 0.1) is 9.62 Å². The molecule has 1 unspecified atom stereocenters. The Morgan fingerprint density at radius 1 is 1.50 bits per heavy atom. The molecular formula is C10H12IN3OS. The van der Waals surface area contributed by atoms with Crippen molar-refractivity contribution in [2.45, 2.75) is 28.4 Å². The minimum absolute atomic E-state index is 0.0778. The van der Waals surface area contributed by atoms with E-state index in [0.29, 0.717) is 0 Å². The van der Waals surface area contributed by atoms with Gasteiger partial charge < -0.3 is 0 Å². The monoisotopic (exact) mass is 349 g/mol. The third kappa shape index (κ3) is 1.49. The van der Waals surface area contributed by atoms with Crippen molar-refractivity contribution in [1.29, 1.82) is 0 Å². The number of rotatable bonds is 0. The highest BCUT2D eigenvalue weighted by molar-refractivity contribution is 14.1. The van der Waals surface area contributed by atoms with E-state index in [-0.39, 0.29) is 9.83 Å². The molecule has 3 rings (SSSR count). The molecule has 0 saturated carbocycles. The van der Waals surface area contributed by atoms with Gasteiger partial charge in [-0.05, 0) is 6.42 Å². The average Bonchev–Trinajstić information content (AvgIpc) is 2.80. The van der Waals surface area contributed by atoms with Crippen LogP contribution in [0.5, 0.6) is 0 Å². The quantitative estimate of drug-likeness (QED) is 0.530. The minimum atomic E-state index is 0.0778. The van der Waals surface area contributed by atoms with Gasteiger partial charge in [-0.15, -0.1) is 0 Å². The number of nitrogens with zero attached hydrogens (tertiary/aromatic N) is 3. The third-order valence-corrected chi connectivity index (χ3v) is 5.23. The predicted molar refractivity (Wildman–Crippen MR) is 73.1 cm³/mol. The number of anilines is 1. The van der Waals surface area contributed by atoms with Crippen LogP contribution in [0.2, 0.25) is 0 Å². The molecule has 3 heterocycles. The molecule has 0 bridgehead atoms. The second kappa shape index (κ2) is 3.90. The largest absolute Gasteiger partial charge is 0.299 e. The van der Waals surface area contributed by atoms with E-state index < -0.39 is 0 Å². The number of fused-ring (bicyclic) bond motifs is 3. The summed E-state index contributed by atoms with van der Waals surface area (Å²) in [5.74, 6) is 3.22. The number of carbonyl (C=O) groups excluding carboxylic acids is 1. The van der Waals surface area contributed by atoms with Crippen LogP contribution in [0.4, 0.5) is 5.82 Å². The number of hydrogen-bond donors (Lipinski definition) is 0. The molecule has 0 radical (unpaired) electrons. The first-order valence-corrected chi connectivity index (χ1v) is 7.66. The lowest BCUT2D eigenvalue weighted by Crippen LogP contribution is -2.32. The lowest BCUT2D eigenvalue weighted by Gasteiger charge is -2.17. The van der Waals surface area contributed by atoms with Gasteiger partial charge in [-0.1, -0.05) is 22.6 Å². The van der Waals surface area contributed by atoms with E-state index >= 15 is 0 Å². The summed E-state index contributed by atoms with van der Waals surface area (Å²) in [5.41, 5.74) is 2.44. The summed E-state index contributed by atoms with van der Waals surface area (Å²) in [6.07, 6.45) is 0.879. The number of carbonyl (C=O) groups is 1. The van der Waals surface area contributed by atoms with Gasteiger partial charge in [-0.25, -0.2) is 4.68 Å². The zero-order chi connectivity index (χ0) is 11.3. The first kappa shape index (κ1) is 10.9. The van der Waals surface area contributed by atoms with Crippen LogP contribution in [0.15, 0.2) is 0 Å². The first-order valence-electron chi connectivity index (χ1n) is 5.26. The van der Waals surface area contributed by atoms with Crippen molar-refractivity contribution in [1.82, 2.24) is 9.78 Å². The fourth-order valence-corrected chi connectivity index (χ4v) is 3.98. The molecule has 2 aliphatic rings. The minimum Gasteiger partial charge on any atom is -0.299 e. The summed E-state index contributed by atoms with van der Waals surface area (Å²) >= 11 is 4.11. The number of hydrogen-bond acceptors (Lipinski definition) is 3. The second-order valence-electron chi connectivity index (χ2n) is 4.12. The fourth-order valence-electron chi connectivity index (χ4n) is 2.26. The van der Waals surface area contributed by atoms with E-state index in [4.69, 9.17) is 0 Å². The van der Waals surface area contributed by atoms with Gasteiger partial charge in [0.25, 0.3) is 0 Å². The van der Waals surface area contributed by atoms with Crippen LogP contribution in [0.1, 0.15) is 17.7 Å². The van der Waals surface area contributed by atoms with Gasteiger partial charge >= 0.3 is 0 Å². The number of alkyl halides is 1. The molecule has 0 aromatic carbocycles. The molecule has 86 valence electrons. The van der Waals surface area contributed by atoms with Crippen LogP contribution in [0, 0.1) is 0 Å². The smallest absolute Gasteiger partial charge is 0.240 e. The third-order valence-electron chi connectivity index (χ3n) is 3.10. The van der Waals surface area contributed by atoms with Crippen molar-refractivity contribution < 1.29 is 4.79 Å². The van der Waals surface area contributed by atoms with E-state index in [9.17, 15) is 4.79 Å². The maximum Gasteiger partial charge on any atom is 0.240 e. The van der Waals surface area contributed by atoms with Gasteiger partial charge in [0.2, 0.25) is 5.91 Å². The van der Waals surface area contributed by atoms with Crippen LogP contribution < -0.4 is 4.90 Å². The summed E-state index contributed by atoms with van der Waals surface area (Å²) in [6.45, 7) is 0.858. The fraction of sp³-hybridized carbons (Fsp3) is 0.600. The van der Waals surface area contributed by atoms with Gasteiger partial charge in [-0.3, -0.25) is 9.69 Å². The highest BCUT2D eigenvalue weighted by Crippen LogP contribution is 2.37.